The summed E-state index contributed by atoms with van der Waals surface area (Å²) in [4.78, 5) is 9.08. The first-order chi connectivity index (χ1) is 8.38. The second-order valence-electron chi connectivity index (χ2n) is 4.01. The maximum Gasteiger partial charge on any atom is 0.0967 e. The monoisotopic (exact) mass is 220 g/mol. The molecule has 0 unspecified atom stereocenters. The highest BCUT2D eigenvalue weighted by molar-refractivity contribution is 6.02. The van der Waals surface area contributed by atoms with Gasteiger partial charge in [-0.15, -0.1) is 6.58 Å². The van der Waals surface area contributed by atoms with Crippen molar-refractivity contribution in [1.29, 1.82) is 0 Å². The van der Waals surface area contributed by atoms with Gasteiger partial charge in [-0.3, -0.25) is 9.97 Å². The number of fused-ring (bicyclic) bond motifs is 3. The van der Waals surface area contributed by atoms with Gasteiger partial charge in [0.05, 0.1) is 11.0 Å². The number of allylic oxidation sites excluding steroid dienone is 1. The number of rotatable bonds is 2. The molecule has 0 atom stereocenters. The Morgan fingerprint density at radius 2 is 1.76 bits per heavy atom. The zero-order valence-electron chi connectivity index (χ0n) is 9.43. The highest BCUT2D eigenvalue weighted by atomic mass is 14.7. The number of aromatic nitrogens is 2. The molecule has 2 aromatic heterocycles. The Labute approximate surface area is 99.6 Å². The van der Waals surface area contributed by atoms with E-state index >= 15 is 0 Å². The molecule has 0 aliphatic rings. The molecule has 82 valence electrons. The van der Waals surface area contributed by atoms with Gasteiger partial charge in [0.1, 0.15) is 0 Å². The van der Waals surface area contributed by atoms with Gasteiger partial charge in [0.25, 0.3) is 0 Å². The molecule has 17 heavy (non-hydrogen) atoms. The summed E-state index contributed by atoms with van der Waals surface area (Å²) in [6, 6.07) is 12.3. The van der Waals surface area contributed by atoms with Crippen molar-refractivity contribution in [2.45, 2.75) is 6.42 Å². The van der Waals surface area contributed by atoms with E-state index in [0.29, 0.717) is 0 Å². The van der Waals surface area contributed by atoms with Crippen molar-refractivity contribution in [2.24, 2.45) is 0 Å². The van der Waals surface area contributed by atoms with Crippen LogP contribution in [0.25, 0.3) is 21.8 Å². The lowest BCUT2D eigenvalue weighted by atomic mass is 10.1. The second-order valence-corrected chi connectivity index (χ2v) is 4.01. The average molecular weight is 220 g/mol. The van der Waals surface area contributed by atoms with Gasteiger partial charge in [-0.1, -0.05) is 30.3 Å². The molecule has 2 heteroatoms. The largest absolute Gasteiger partial charge is 0.254 e. The molecule has 2 nitrogen and oxygen atoms in total. The lowest BCUT2D eigenvalue weighted by Gasteiger charge is -2.03. The van der Waals surface area contributed by atoms with Crippen molar-refractivity contribution in [3.8, 4) is 0 Å². The molecule has 0 aliphatic heterocycles. The van der Waals surface area contributed by atoms with E-state index in [1.54, 1.807) is 0 Å². The predicted molar refractivity (Wildman–Crippen MR) is 70.9 cm³/mol. The van der Waals surface area contributed by atoms with Crippen LogP contribution in [0.15, 0.2) is 55.3 Å². The predicted octanol–water partition coefficient (Wildman–Crippen LogP) is 3.51. The number of benzene rings is 1. The van der Waals surface area contributed by atoms with Gasteiger partial charge < -0.3 is 0 Å². The van der Waals surface area contributed by atoms with E-state index in [1.165, 1.54) is 0 Å². The molecule has 0 N–H and O–H groups in total. The highest BCUT2D eigenvalue weighted by Gasteiger charge is 2.03. The molecular weight excluding hydrogens is 208 g/mol. The fraction of sp³-hybridized carbons (Fsp3) is 0.0667. The third-order valence-electron chi connectivity index (χ3n) is 2.84. The molecular formula is C15H12N2. The van der Waals surface area contributed by atoms with Crippen LogP contribution in [0.1, 0.15) is 5.69 Å². The van der Waals surface area contributed by atoms with Gasteiger partial charge in [0, 0.05) is 29.1 Å². The normalized spacial score (nSPS) is 10.8. The molecule has 0 aliphatic carbocycles. The Balaban J connectivity index is 2.38. The van der Waals surface area contributed by atoms with Crippen LogP contribution in [0.5, 0.6) is 0 Å². The number of hydrogen-bond acceptors (Lipinski definition) is 2. The van der Waals surface area contributed by atoms with Crippen LogP contribution in [0, 0.1) is 0 Å². The molecule has 2 heterocycles. The third kappa shape index (κ3) is 1.68. The quantitative estimate of drug-likeness (QED) is 0.488. The van der Waals surface area contributed by atoms with Crippen LogP contribution in [0.4, 0.5) is 0 Å². The van der Waals surface area contributed by atoms with Gasteiger partial charge in [-0.05, 0) is 12.1 Å². The van der Waals surface area contributed by atoms with E-state index in [9.17, 15) is 0 Å². The summed E-state index contributed by atoms with van der Waals surface area (Å²) in [6.07, 6.45) is 4.47. The van der Waals surface area contributed by atoms with Gasteiger partial charge in [0.15, 0.2) is 0 Å². The summed E-state index contributed by atoms with van der Waals surface area (Å²) in [5.41, 5.74) is 2.98. The number of hydrogen-bond donors (Lipinski definition) is 0. The first-order valence-corrected chi connectivity index (χ1v) is 5.63. The van der Waals surface area contributed by atoms with E-state index in [4.69, 9.17) is 0 Å². The average Bonchev–Trinajstić information content (AvgIpc) is 2.39. The molecule has 0 radical (unpaired) electrons. The molecule has 0 bridgehead atoms. The topological polar surface area (TPSA) is 25.8 Å². The van der Waals surface area contributed by atoms with Crippen LogP contribution >= 0.6 is 0 Å². The van der Waals surface area contributed by atoms with Crippen molar-refractivity contribution in [3.05, 3.63) is 60.9 Å². The summed E-state index contributed by atoms with van der Waals surface area (Å²) >= 11 is 0. The van der Waals surface area contributed by atoms with E-state index in [0.717, 1.165) is 33.9 Å². The zero-order valence-corrected chi connectivity index (χ0v) is 9.43. The maximum absolute atomic E-state index is 4.66. The summed E-state index contributed by atoms with van der Waals surface area (Å²) < 4.78 is 0. The van der Waals surface area contributed by atoms with E-state index in [-0.39, 0.29) is 0 Å². The fourth-order valence-electron chi connectivity index (χ4n) is 2.03. The van der Waals surface area contributed by atoms with Crippen molar-refractivity contribution in [1.82, 2.24) is 9.97 Å². The molecule has 3 rings (SSSR count). The molecule has 0 fully saturated rings. The van der Waals surface area contributed by atoms with Crippen LogP contribution in [-0.4, -0.2) is 9.97 Å². The molecule has 0 saturated carbocycles. The van der Waals surface area contributed by atoms with Crippen molar-refractivity contribution >= 4 is 21.8 Å². The van der Waals surface area contributed by atoms with Crippen LogP contribution < -0.4 is 0 Å². The standard InChI is InChI=1S/C15H12N2/c1-2-4-13-9-8-12-7-6-11-5-3-10-16-14(11)15(12)17-13/h2-3,5-10H,1,4H2. The van der Waals surface area contributed by atoms with Crippen molar-refractivity contribution in [3.63, 3.8) is 0 Å². The molecule has 0 amide bonds. The Hall–Kier alpha value is -2.22. The number of nitrogens with zero attached hydrogens (tertiary/aromatic N) is 2. The Bertz CT molecular complexity index is 701. The lowest BCUT2D eigenvalue weighted by Crippen LogP contribution is -1.90. The maximum atomic E-state index is 4.66. The first kappa shape index (κ1) is 9.97. The molecule has 3 aromatic rings. The number of pyridine rings is 2. The van der Waals surface area contributed by atoms with Gasteiger partial charge >= 0.3 is 0 Å². The summed E-state index contributed by atoms with van der Waals surface area (Å²) in [5, 5.41) is 2.26. The van der Waals surface area contributed by atoms with Gasteiger partial charge in [0.2, 0.25) is 0 Å². The van der Waals surface area contributed by atoms with Crippen LogP contribution in [0.3, 0.4) is 0 Å². The van der Waals surface area contributed by atoms with E-state index in [2.05, 4.69) is 40.8 Å². The Morgan fingerprint density at radius 3 is 2.59 bits per heavy atom. The summed E-state index contributed by atoms with van der Waals surface area (Å²) in [6.45, 7) is 3.74. The Morgan fingerprint density at radius 1 is 1.00 bits per heavy atom. The first-order valence-electron chi connectivity index (χ1n) is 5.63. The van der Waals surface area contributed by atoms with Crippen LogP contribution in [-0.2, 0) is 6.42 Å². The van der Waals surface area contributed by atoms with Crippen molar-refractivity contribution < 1.29 is 0 Å². The minimum absolute atomic E-state index is 0.791. The minimum atomic E-state index is 0.791. The fourth-order valence-corrected chi connectivity index (χ4v) is 2.03. The summed E-state index contributed by atoms with van der Waals surface area (Å²) in [7, 11) is 0. The Kier molecular flexibility index (Phi) is 2.33. The van der Waals surface area contributed by atoms with Crippen molar-refractivity contribution in [2.75, 3.05) is 0 Å². The second kappa shape index (κ2) is 3.98. The van der Waals surface area contributed by atoms with E-state index < -0.39 is 0 Å². The zero-order chi connectivity index (χ0) is 11.7. The lowest BCUT2D eigenvalue weighted by molar-refractivity contribution is 1.15. The summed E-state index contributed by atoms with van der Waals surface area (Å²) in [5.74, 6) is 0. The highest BCUT2D eigenvalue weighted by Crippen LogP contribution is 2.22. The molecule has 0 saturated heterocycles. The SMILES string of the molecule is C=CCc1ccc2ccc3cccnc3c2n1. The smallest absolute Gasteiger partial charge is 0.0967 e. The minimum Gasteiger partial charge on any atom is -0.254 e. The van der Waals surface area contributed by atoms with E-state index in [1.807, 2.05) is 24.4 Å². The van der Waals surface area contributed by atoms with Gasteiger partial charge in [-0.2, -0.15) is 0 Å². The molecule has 1 aromatic carbocycles. The third-order valence-corrected chi connectivity index (χ3v) is 2.84. The van der Waals surface area contributed by atoms with Gasteiger partial charge in [-0.25, -0.2) is 0 Å². The molecule has 0 spiro atoms. The van der Waals surface area contributed by atoms with Crippen LogP contribution in [0.2, 0.25) is 0 Å².